The number of nitrogens with zero attached hydrogens (tertiary/aromatic N) is 2. The van der Waals surface area contributed by atoms with E-state index in [4.69, 9.17) is 19.3 Å². The van der Waals surface area contributed by atoms with Crippen molar-refractivity contribution in [2.24, 2.45) is 4.99 Å². The van der Waals surface area contributed by atoms with E-state index in [0.717, 1.165) is 4.90 Å². The summed E-state index contributed by atoms with van der Waals surface area (Å²) >= 11 is 1.23. The summed E-state index contributed by atoms with van der Waals surface area (Å²) in [5, 5.41) is 18.9. The van der Waals surface area contributed by atoms with Crippen molar-refractivity contribution in [3.63, 3.8) is 0 Å². The first kappa shape index (κ1) is 19.9. The lowest BCUT2D eigenvalue weighted by Gasteiger charge is -2.42. The Hall–Kier alpha value is -1.39. The van der Waals surface area contributed by atoms with Crippen LogP contribution < -0.4 is 0 Å². The van der Waals surface area contributed by atoms with Gasteiger partial charge in [0, 0.05) is 13.7 Å². The van der Waals surface area contributed by atoms with Crippen molar-refractivity contribution in [3.8, 4) is 0 Å². The molecular formula is C16H24N2O6S. The van der Waals surface area contributed by atoms with Crippen LogP contribution in [-0.4, -0.2) is 83.0 Å². The van der Waals surface area contributed by atoms with Crippen molar-refractivity contribution in [2.75, 3.05) is 26.9 Å². The van der Waals surface area contributed by atoms with Crippen LogP contribution >= 0.6 is 11.8 Å². The van der Waals surface area contributed by atoms with Gasteiger partial charge in [-0.2, -0.15) is 0 Å². The predicted molar refractivity (Wildman–Crippen MR) is 94.8 cm³/mol. The zero-order valence-electron chi connectivity index (χ0n) is 14.1. The molecule has 140 valence electrons. The van der Waals surface area contributed by atoms with Crippen LogP contribution in [0.4, 0.5) is 4.79 Å². The highest BCUT2D eigenvalue weighted by Crippen LogP contribution is 2.40. The van der Waals surface area contributed by atoms with Gasteiger partial charge < -0.3 is 24.4 Å². The first-order valence-electron chi connectivity index (χ1n) is 7.95. The van der Waals surface area contributed by atoms with E-state index >= 15 is 0 Å². The lowest BCUT2D eigenvalue weighted by molar-refractivity contribution is -0.187. The molecule has 0 aliphatic carbocycles. The van der Waals surface area contributed by atoms with E-state index in [1.54, 1.807) is 12.2 Å². The third kappa shape index (κ3) is 4.62. The molecule has 0 aromatic rings. The van der Waals surface area contributed by atoms with E-state index in [-0.39, 0.29) is 6.61 Å². The molecule has 5 atom stereocenters. The van der Waals surface area contributed by atoms with Gasteiger partial charge in [0.05, 0.1) is 19.3 Å². The number of hydrogen-bond acceptors (Lipinski definition) is 7. The number of thioether (sulfide) groups is 1. The summed E-state index contributed by atoms with van der Waals surface area (Å²) in [4.78, 5) is 16.7. The second kappa shape index (κ2) is 9.35. The lowest BCUT2D eigenvalue weighted by Crippen LogP contribution is -2.57. The van der Waals surface area contributed by atoms with Crippen LogP contribution in [0.25, 0.3) is 0 Å². The Morgan fingerprint density at radius 3 is 2.56 bits per heavy atom. The van der Waals surface area contributed by atoms with E-state index in [9.17, 15) is 9.90 Å². The molecule has 1 fully saturated rings. The number of aliphatic hydroxyl groups is 1. The normalized spacial score (nSPS) is 31.1. The second-order valence-electron chi connectivity index (χ2n) is 5.59. The Morgan fingerprint density at radius 1 is 1.36 bits per heavy atom. The average Bonchev–Trinajstić information content (AvgIpc) is 3.01. The maximum absolute atomic E-state index is 11.2. The fourth-order valence-corrected chi connectivity index (χ4v) is 3.93. The minimum Gasteiger partial charge on any atom is -0.465 e. The van der Waals surface area contributed by atoms with Crippen molar-refractivity contribution in [3.05, 3.63) is 25.3 Å². The number of aliphatic hydroxyl groups excluding tert-OH is 1. The summed E-state index contributed by atoms with van der Waals surface area (Å²) in [6, 6.07) is -0.411. The Balaban J connectivity index is 2.26. The lowest BCUT2D eigenvalue weighted by atomic mass is 9.96. The second-order valence-corrected chi connectivity index (χ2v) is 6.66. The Labute approximate surface area is 151 Å². The molecule has 2 rings (SSSR count). The van der Waals surface area contributed by atoms with E-state index in [2.05, 4.69) is 18.2 Å². The van der Waals surface area contributed by atoms with Crippen molar-refractivity contribution in [2.45, 2.75) is 36.2 Å². The molecule has 1 amide bonds. The molecule has 0 unspecified atom stereocenters. The summed E-state index contributed by atoms with van der Waals surface area (Å²) in [5.41, 5.74) is -0.397. The number of carbonyl (C=O) groups is 1. The largest absolute Gasteiger partial charge is 0.465 e. The number of carboxylic acid groups (broad SMARTS) is 1. The molecule has 0 radical (unpaired) electrons. The quantitative estimate of drug-likeness (QED) is 0.620. The van der Waals surface area contributed by atoms with Gasteiger partial charge in [-0.1, -0.05) is 23.9 Å². The van der Waals surface area contributed by atoms with Gasteiger partial charge in [-0.3, -0.25) is 9.89 Å². The smallest absolute Gasteiger partial charge is 0.413 e. The van der Waals surface area contributed by atoms with Crippen LogP contribution in [0, 0.1) is 0 Å². The number of aliphatic imine (C=N–C) groups is 1. The minimum absolute atomic E-state index is 0.0579. The third-order valence-corrected chi connectivity index (χ3v) is 5.11. The topological polar surface area (TPSA) is 101 Å². The van der Waals surface area contributed by atoms with E-state index in [1.807, 2.05) is 0 Å². The molecular weight excluding hydrogens is 348 g/mol. The first-order valence-corrected chi connectivity index (χ1v) is 8.83. The van der Waals surface area contributed by atoms with E-state index in [1.165, 1.54) is 18.8 Å². The summed E-state index contributed by atoms with van der Waals surface area (Å²) in [6.45, 7) is 7.86. The SMILES string of the molecule is C=CCO[C@@H]1[C@H]2N=C(N(C)C(=O)O)S[C@H]2O[C@H](CCO)[C@@H]1OCC=C. The molecule has 0 aromatic carbocycles. The highest BCUT2D eigenvalue weighted by Gasteiger charge is 2.51. The van der Waals surface area contributed by atoms with Crippen LogP contribution in [-0.2, 0) is 14.2 Å². The molecule has 9 heteroatoms. The van der Waals surface area contributed by atoms with Crippen molar-refractivity contribution < 1.29 is 29.2 Å². The Morgan fingerprint density at radius 2 is 2.00 bits per heavy atom. The van der Waals surface area contributed by atoms with Crippen molar-refractivity contribution in [1.29, 1.82) is 0 Å². The Bertz CT molecular complexity index is 529. The fourth-order valence-electron chi connectivity index (χ4n) is 2.75. The minimum atomic E-state index is -1.10. The van der Waals surface area contributed by atoms with Crippen LogP contribution in [0.1, 0.15) is 6.42 Å². The average molecular weight is 372 g/mol. The molecule has 0 saturated carbocycles. The van der Waals surface area contributed by atoms with Gasteiger partial charge in [0.25, 0.3) is 0 Å². The molecule has 2 heterocycles. The van der Waals surface area contributed by atoms with Gasteiger partial charge >= 0.3 is 6.09 Å². The van der Waals surface area contributed by atoms with Gasteiger partial charge in [0.2, 0.25) is 0 Å². The number of amides is 1. The molecule has 0 spiro atoms. The van der Waals surface area contributed by atoms with E-state index < -0.39 is 35.9 Å². The molecule has 8 nitrogen and oxygen atoms in total. The van der Waals surface area contributed by atoms with Crippen LogP contribution in [0.2, 0.25) is 0 Å². The third-order valence-electron chi connectivity index (χ3n) is 3.90. The van der Waals surface area contributed by atoms with Gasteiger partial charge in [-0.05, 0) is 6.42 Å². The zero-order chi connectivity index (χ0) is 18.4. The highest BCUT2D eigenvalue weighted by molar-refractivity contribution is 8.14. The maximum Gasteiger partial charge on any atom is 0.413 e. The summed E-state index contributed by atoms with van der Waals surface area (Å²) in [5.74, 6) is 0. The van der Waals surface area contributed by atoms with Gasteiger partial charge in [0.1, 0.15) is 23.7 Å². The summed E-state index contributed by atoms with van der Waals surface area (Å²) in [6.07, 6.45) is 1.25. The van der Waals surface area contributed by atoms with Gasteiger partial charge in [0.15, 0.2) is 5.17 Å². The molecule has 2 aliphatic heterocycles. The summed E-state index contributed by atoms with van der Waals surface area (Å²) in [7, 11) is 1.43. The monoisotopic (exact) mass is 372 g/mol. The first-order chi connectivity index (χ1) is 12.0. The molecule has 25 heavy (non-hydrogen) atoms. The Kier molecular flexibility index (Phi) is 7.45. The number of rotatable bonds is 8. The predicted octanol–water partition coefficient (Wildman–Crippen LogP) is 1.32. The van der Waals surface area contributed by atoms with Crippen molar-refractivity contribution >= 4 is 23.0 Å². The molecule has 2 N–H and O–H groups in total. The molecule has 0 bridgehead atoms. The molecule has 2 aliphatic rings. The van der Waals surface area contributed by atoms with E-state index in [0.29, 0.717) is 24.8 Å². The number of amidine groups is 1. The molecule has 1 saturated heterocycles. The van der Waals surface area contributed by atoms with Crippen molar-refractivity contribution in [1.82, 2.24) is 4.90 Å². The van der Waals surface area contributed by atoms with Gasteiger partial charge in [-0.25, -0.2) is 4.79 Å². The van der Waals surface area contributed by atoms with Gasteiger partial charge in [-0.15, -0.1) is 13.2 Å². The highest BCUT2D eigenvalue weighted by atomic mass is 32.2. The molecule has 0 aromatic heterocycles. The number of hydrogen-bond donors (Lipinski definition) is 2. The number of fused-ring (bicyclic) bond motifs is 1. The fraction of sp³-hybridized carbons (Fsp3) is 0.625. The zero-order valence-corrected chi connectivity index (χ0v) is 14.9. The summed E-state index contributed by atoms with van der Waals surface area (Å²) < 4.78 is 17.8. The number of ether oxygens (including phenoxy) is 3. The maximum atomic E-state index is 11.2. The standard InChI is InChI=1S/C16H24N2O6S/c1-4-8-22-12-10(6-7-19)24-14-11(13(12)23-9-5-2)17-15(25-14)18(3)16(20)21/h4-5,10-14,19H,1-2,6-9H2,3H3,(H,20,21)/t10-,11-,12+,13-,14-/m1/s1. The van der Waals surface area contributed by atoms with Crippen LogP contribution in [0.3, 0.4) is 0 Å². The van der Waals surface area contributed by atoms with Crippen LogP contribution in [0.5, 0.6) is 0 Å². The van der Waals surface area contributed by atoms with Crippen LogP contribution in [0.15, 0.2) is 30.3 Å².